The molecule has 2 unspecified atom stereocenters. The van der Waals surface area contributed by atoms with Gasteiger partial charge in [-0.15, -0.1) is 10.8 Å². The average molecular weight is 635 g/mol. The maximum Gasteiger partial charge on any atom is 0.253 e. The molecule has 2 amide bonds. The molecule has 0 spiro atoms. The molecule has 2 rings (SSSR count). The van der Waals surface area contributed by atoms with Gasteiger partial charge in [0.2, 0.25) is 10.0 Å². The SMILES string of the molecule is CC#Cc1cc(C(=O)NC(Cc2cc(F)cc(F)c2)C(O)CN(C)NS(=O)(=O)CC(C)C)cc(C(=O)N(CCC)CCC)c1. The predicted molar refractivity (Wildman–Crippen MR) is 167 cm³/mol. The molecule has 0 bridgehead atoms. The quantitative estimate of drug-likeness (QED) is 0.191. The number of aliphatic hydroxyl groups is 1. The molecule has 3 N–H and O–H groups in total. The summed E-state index contributed by atoms with van der Waals surface area (Å²) in [4.78, 5) is 31.0. The molecule has 2 aromatic rings. The van der Waals surface area contributed by atoms with Crippen LogP contribution in [0.4, 0.5) is 8.78 Å². The van der Waals surface area contributed by atoms with Crippen LogP contribution in [0.2, 0.25) is 0 Å². The molecule has 242 valence electrons. The Balaban J connectivity index is 2.43. The van der Waals surface area contributed by atoms with Crippen molar-refractivity contribution in [1.29, 1.82) is 0 Å². The maximum atomic E-state index is 14.0. The van der Waals surface area contributed by atoms with Crippen LogP contribution in [0.5, 0.6) is 0 Å². The van der Waals surface area contributed by atoms with Crippen molar-refractivity contribution in [3.63, 3.8) is 0 Å². The summed E-state index contributed by atoms with van der Waals surface area (Å²) in [6.07, 6.45) is -0.0256. The second kappa shape index (κ2) is 17.2. The minimum Gasteiger partial charge on any atom is -0.390 e. The zero-order valence-electron chi connectivity index (χ0n) is 26.3. The Morgan fingerprint density at radius 1 is 0.977 bits per heavy atom. The fourth-order valence-electron chi connectivity index (χ4n) is 4.81. The van der Waals surface area contributed by atoms with Crippen molar-refractivity contribution in [3.05, 3.63) is 70.3 Å². The fraction of sp³-hybridized carbons (Fsp3) is 0.500. The highest BCUT2D eigenvalue weighted by Gasteiger charge is 2.27. The number of halogens is 2. The van der Waals surface area contributed by atoms with Gasteiger partial charge in [0, 0.05) is 49.4 Å². The minimum atomic E-state index is -3.70. The largest absolute Gasteiger partial charge is 0.390 e. The number of carbonyl (C=O) groups excluding carboxylic acids is 2. The third-order valence-corrected chi connectivity index (χ3v) is 8.15. The third-order valence-electron chi connectivity index (χ3n) is 6.45. The number of benzene rings is 2. The smallest absolute Gasteiger partial charge is 0.253 e. The van der Waals surface area contributed by atoms with Crippen molar-refractivity contribution in [1.82, 2.24) is 20.1 Å². The lowest BCUT2D eigenvalue weighted by Gasteiger charge is -2.28. The van der Waals surface area contributed by atoms with Gasteiger partial charge < -0.3 is 15.3 Å². The van der Waals surface area contributed by atoms with Gasteiger partial charge in [-0.05, 0) is 68.0 Å². The highest BCUT2D eigenvalue weighted by atomic mass is 32.2. The van der Waals surface area contributed by atoms with Gasteiger partial charge in [0.05, 0.1) is 17.9 Å². The summed E-state index contributed by atoms with van der Waals surface area (Å²) in [5.74, 6) is 2.84. The van der Waals surface area contributed by atoms with Crippen LogP contribution in [0.25, 0.3) is 0 Å². The topological polar surface area (TPSA) is 119 Å². The summed E-state index contributed by atoms with van der Waals surface area (Å²) < 4.78 is 52.8. The molecule has 0 aliphatic carbocycles. The van der Waals surface area contributed by atoms with E-state index >= 15 is 0 Å². The summed E-state index contributed by atoms with van der Waals surface area (Å²) in [5, 5.41) is 15.1. The Morgan fingerprint density at radius 3 is 2.11 bits per heavy atom. The summed E-state index contributed by atoms with van der Waals surface area (Å²) in [5.41, 5.74) is 1.00. The molecule has 0 radical (unpaired) electrons. The van der Waals surface area contributed by atoms with E-state index in [0.717, 1.165) is 25.0 Å². The lowest BCUT2D eigenvalue weighted by molar-refractivity contribution is 0.0687. The molecule has 0 aromatic heterocycles. The fourth-order valence-corrected chi connectivity index (χ4v) is 6.31. The normalized spacial score (nSPS) is 12.9. The van der Waals surface area contributed by atoms with Gasteiger partial charge in [0.25, 0.3) is 11.8 Å². The van der Waals surface area contributed by atoms with Crippen LogP contribution >= 0.6 is 0 Å². The Morgan fingerprint density at radius 2 is 1.57 bits per heavy atom. The molecule has 0 fully saturated rings. The van der Waals surface area contributed by atoms with Gasteiger partial charge in [-0.2, -0.15) is 0 Å². The first-order chi connectivity index (χ1) is 20.7. The monoisotopic (exact) mass is 634 g/mol. The molecule has 2 aromatic carbocycles. The number of sulfonamides is 1. The number of likely N-dealkylation sites (N-methyl/N-ethyl adjacent to an activating group) is 1. The summed E-state index contributed by atoms with van der Waals surface area (Å²) in [6.45, 7) is 9.91. The molecular formula is C32H44F2N4O5S. The number of nitrogens with one attached hydrogen (secondary N) is 2. The van der Waals surface area contributed by atoms with Crippen LogP contribution in [-0.4, -0.2) is 79.8 Å². The summed E-state index contributed by atoms with van der Waals surface area (Å²) in [7, 11) is -2.28. The zero-order chi connectivity index (χ0) is 33.0. The molecule has 0 saturated heterocycles. The van der Waals surface area contributed by atoms with Gasteiger partial charge in [-0.25, -0.2) is 22.2 Å². The van der Waals surface area contributed by atoms with E-state index in [-0.39, 0.29) is 47.2 Å². The van der Waals surface area contributed by atoms with Crippen LogP contribution in [-0.2, 0) is 16.4 Å². The maximum absolute atomic E-state index is 14.0. The number of hydrazine groups is 1. The molecule has 2 atom stereocenters. The van der Waals surface area contributed by atoms with Crippen molar-refractivity contribution < 1.29 is 31.9 Å². The molecule has 0 heterocycles. The first-order valence-electron chi connectivity index (χ1n) is 14.7. The van der Waals surface area contributed by atoms with Gasteiger partial charge >= 0.3 is 0 Å². The number of rotatable bonds is 16. The predicted octanol–water partition coefficient (Wildman–Crippen LogP) is 3.72. The van der Waals surface area contributed by atoms with Crippen molar-refractivity contribution in [2.75, 3.05) is 32.4 Å². The van der Waals surface area contributed by atoms with Crippen LogP contribution in [0.1, 0.15) is 79.3 Å². The molecule has 44 heavy (non-hydrogen) atoms. The van der Waals surface area contributed by atoms with Crippen LogP contribution in [0.3, 0.4) is 0 Å². The zero-order valence-corrected chi connectivity index (χ0v) is 27.1. The van der Waals surface area contributed by atoms with E-state index in [9.17, 15) is 31.9 Å². The number of nitrogens with zero attached hydrogens (tertiary/aromatic N) is 2. The number of aliphatic hydroxyl groups excluding tert-OH is 1. The Kier molecular flexibility index (Phi) is 14.4. The first-order valence-corrected chi connectivity index (χ1v) is 16.3. The average Bonchev–Trinajstić information content (AvgIpc) is 2.90. The van der Waals surface area contributed by atoms with E-state index in [1.54, 1.807) is 31.7 Å². The molecule has 0 saturated carbocycles. The van der Waals surface area contributed by atoms with Gasteiger partial charge in [0.1, 0.15) is 11.6 Å². The van der Waals surface area contributed by atoms with E-state index in [4.69, 9.17) is 0 Å². The third kappa shape index (κ3) is 12.0. The Bertz CT molecular complexity index is 1430. The van der Waals surface area contributed by atoms with Crippen molar-refractivity contribution in [2.45, 2.75) is 66.0 Å². The van der Waals surface area contributed by atoms with Crippen molar-refractivity contribution in [3.8, 4) is 11.8 Å². The number of amides is 2. The molecule has 12 heteroatoms. The Labute approximate surface area is 260 Å². The van der Waals surface area contributed by atoms with E-state index in [0.29, 0.717) is 24.7 Å². The van der Waals surface area contributed by atoms with E-state index < -0.39 is 39.7 Å². The Hall–Kier alpha value is -3.37. The highest BCUT2D eigenvalue weighted by molar-refractivity contribution is 7.89. The number of hydrogen-bond acceptors (Lipinski definition) is 6. The second-order valence-electron chi connectivity index (χ2n) is 11.2. The molecule has 0 aliphatic rings. The molecular weight excluding hydrogens is 590 g/mol. The first kappa shape index (κ1) is 36.8. The lowest BCUT2D eigenvalue weighted by atomic mass is 9.99. The second-order valence-corrected chi connectivity index (χ2v) is 13.0. The van der Waals surface area contributed by atoms with Crippen LogP contribution < -0.4 is 10.1 Å². The lowest BCUT2D eigenvalue weighted by Crippen LogP contribution is -2.52. The van der Waals surface area contributed by atoms with E-state index in [1.807, 2.05) is 13.8 Å². The van der Waals surface area contributed by atoms with Crippen molar-refractivity contribution >= 4 is 21.8 Å². The van der Waals surface area contributed by atoms with Crippen molar-refractivity contribution in [2.24, 2.45) is 5.92 Å². The molecule has 9 nitrogen and oxygen atoms in total. The minimum absolute atomic E-state index is 0.107. The standard InChI is InChI=1S/C32H44F2N4O5S/c1-7-10-23-13-25(18-26(14-23)32(41)38(11-8-2)12-9-3)31(40)35-29(17-24-15-27(33)19-28(34)16-24)30(39)20-37(6)36-44(42,43)21-22(4)5/h13-16,18-19,22,29-30,36,39H,8-9,11-12,17,20-21H2,1-6H3,(H,35,40). The van der Waals surface area contributed by atoms with Crippen LogP contribution in [0, 0.1) is 29.4 Å². The summed E-state index contributed by atoms with van der Waals surface area (Å²) in [6, 6.07) is 6.39. The van der Waals surface area contributed by atoms with Gasteiger partial charge in [-0.3, -0.25) is 9.59 Å². The summed E-state index contributed by atoms with van der Waals surface area (Å²) >= 11 is 0. The van der Waals surface area contributed by atoms with E-state index in [2.05, 4.69) is 22.0 Å². The van der Waals surface area contributed by atoms with E-state index in [1.165, 1.54) is 24.2 Å². The van der Waals surface area contributed by atoms with Gasteiger partial charge in [0.15, 0.2) is 0 Å². The number of hydrogen-bond donors (Lipinski definition) is 3. The highest BCUT2D eigenvalue weighted by Crippen LogP contribution is 2.16. The molecule has 0 aliphatic heterocycles. The number of carbonyl (C=O) groups is 2. The van der Waals surface area contributed by atoms with Crippen LogP contribution in [0.15, 0.2) is 36.4 Å². The van der Waals surface area contributed by atoms with Gasteiger partial charge in [-0.1, -0.05) is 33.6 Å².